The third-order valence-corrected chi connectivity index (χ3v) is 7.34. The first kappa shape index (κ1) is 18.5. The third-order valence-electron chi connectivity index (χ3n) is 2.83. The van der Waals surface area contributed by atoms with Crippen LogP contribution in [0.1, 0.15) is 13.8 Å². The van der Waals surface area contributed by atoms with Gasteiger partial charge in [-0.25, -0.2) is 8.42 Å². The minimum atomic E-state index is -3.47. The molecule has 0 saturated heterocycles. The zero-order valence-electron chi connectivity index (χ0n) is 12.5. The molecule has 0 radical (unpaired) electrons. The summed E-state index contributed by atoms with van der Waals surface area (Å²) in [5.74, 6) is 0.403. The van der Waals surface area contributed by atoms with Gasteiger partial charge in [-0.1, -0.05) is 13.8 Å². The fourth-order valence-corrected chi connectivity index (χ4v) is 4.06. The predicted molar refractivity (Wildman–Crippen MR) is 85.5 cm³/mol. The molecule has 0 aliphatic heterocycles. The molecule has 1 aromatic carbocycles. The normalized spacial score (nSPS) is 12.6. The van der Waals surface area contributed by atoms with E-state index in [0.29, 0.717) is 18.8 Å². The van der Waals surface area contributed by atoms with Crippen molar-refractivity contribution in [3.05, 3.63) is 24.3 Å². The van der Waals surface area contributed by atoms with E-state index in [-0.39, 0.29) is 4.90 Å². The van der Waals surface area contributed by atoms with Crippen molar-refractivity contribution >= 4 is 28.5 Å². The summed E-state index contributed by atoms with van der Waals surface area (Å²) in [6.45, 7) is 1.62. The molecule has 0 aromatic heterocycles. The van der Waals surface area contributed by atoms with Gasteiger partial charge in [-0.2, -0.15) is 4.31 Å². The van der Waals surface area contributed by atoms with Gasteiger partial charge >= 0.3 is 6.72 Å². The second-order valence-electron chi connectivity index (χ2n) is 3.96. The summed E-state index contributed by atoms with van der Waals surface area (Å²) in [6, 6.07) is 6.03. The van der Waals surface area contributed by atoms with Crippen molar-refractivity contribution in [3.8, 4) is 5.75 Å². The Hall–Kier alpha value is -0.500. The highest BCUT2D eigenvalue weighted by molar-refractivity contribution is 8.07. The van der Waals surface area contributed by atoms with E-state index in [1.165, 1.54) is 42.8 Å². The Kier molecular flexibility index (Phi) is 6.77. The van der Waals surface area contributed by atoms with Crippen molar-refractivity contribution in [2.45, 2.75) is 18.7 Å². The molecule has 9 heteroatoms. The van der Waals surface area contributed by atoms with Crippen LogP contribution in [-0.4, -0.2) is 40.0 Å². The van der Waals surface area contributed by atoms with E-state index >= 15 is 0 Å². The highest BCUT2D eigenvalue weighted by Crippen LogP contribution is 2.48. The molecular formula is C12H20NO5PS2. The number of rotatable bonds is 8. The number of sulfonamides is 1. The van der Waals surface area contributed by atoms with Gasteiger partial charge in [-0.05, 0) is 24.3 Å². The molecule has 0 amide bonds. The Morgan fingerprint density at radius 2 is 1.57 bits per heavy atom. The molecule has 0 heterocycles. The first-order chi connectivity index (χ1) is 9.82. The van der Waals surface area contributed by atoms with E-state index in [1.54, 1.807) is 13.8 Å². The Labute approximate surface area is 131 Å². The standard InChI is InChI=1S/C12H20NO5PS2/c1-5-13(6-2)21(14,15)12-9-7-11(8-10-12)18-19(20,16-3)17-4/h7-10H,5-6H2,1-4H3. The number of hydrogen-bond acceptors (Lipinski definition) is 6. The van der Waals surface area contributed by atoms with Crippen LogP contribution in [-0.2, 0) is 30.9 Å². The molecular weight excluding hydrogens is 333 g/mol. The third kappa shape index (κ3) is 4.48. The monoisotopic (exact) mass is 353 g/mol. The van der Waals surface area contributed by atoms with E-state index in [0.717, 1.165) is 0 Å². The zero-order valence-corrected chi connectivity index (χ0v) is 15.0. The first-order valence-electron chi connectivity index (χ1n) is 6.34. The summed E-state index contributed by atoms with van der Waals surface area (Å²) in [7, 11) is -0.662. The molecule has 0 atom stereocenters. The second-order valence-corrected chi connectivity index (χ2v) is 9.05. The smallest absolute Gasteiger partial charge is 0.380 e. The summed E-state index contributed by atoms with van der Waals surface area (Å²) in [5, 5.41) is 0. The van der Waals surface area contributed by atoms with Crippen molar-refractivity contribution in [2.75, 3.05) is 27.3 Å². The molecule has 120 valence electrons. The van der Waals surface area contributed by atoms with Gasteiger partial charge in [0.05, 0.1) is 4.90 Å². The minimum Gasteiger partial charge on any atom is -0.424 e. The molecule has 1 rings (SSSR count). The lowest BCUT2D eigenvalue weighted by atomic mass is 10.3. The molecule has 0 fully saturated rings. The van der Waals surface area contributed by atoms with Crippen LogP contribution < -0.4 is 4.52 Å². The highest BCUT2D eigenvalue weighted by Gasteiger charge is 2.22. The summed E-state index contributed by atoms with van der Waals surface area (Å²) in [5.41, 5.74) is 0. The van der Waals surface area contributed by atoms with Crippen LogP contribution in [0.15, 0.2) is 29.2 Å². The van der Waals surface area contributed by atoms with E-state index in [1.807, 2.05) is 0 Å². The van der Waals surface area contributed by atoms with Crippen LogP contribution in [0.5, 0.6) is 5.75 Å². The maximum atomic E-state index is 12.3. The molecule has 0 aliphatic rings. The van der Waals surface area contributed by atoms with Gasteiger partial charge in [-0.3, -0.25) is 0 Å². The Morgan fingerprint density at radius 3 is 1.95 bits per heavy atom. The van der Waals surface area contributed by atoms with Crippen LogP contribution >= 0.6 is 6.72 Å². The minimum absolute atomic E-state index is 0.210. The van der Waals surface area contributed by atoms with E-state index < -0.39 is 16.7 Å². The summed E-state index contributed by atoms with van der Waals surface area (Å²) in [4.78, 5) is 0.210. The van der Waals surface area contributed by atoms with E-state index in [9.17, 15) is 8.42 Å². The van der Waals surface area contributed by atoms with E-state index in [2.05, 4.69) is 0 Å². The molecule has 21 heavy (non-hydrogen) atoms. The fourth-order valence-electron chi connectivity index (χ4n) is 1.66. The van der Waals surface area contributed by atoms with Crippen LogP contribution in [0.2, 0.25) is 0 Å². The van der Waals surface area contributed by atoms with Crippen LogP contribution in [0, 0.1) is 0 Å². The number of nitrogens with zero attached hydrogens (tertiary/aromatic N) is 1. The van der Waals surface area contributed by atoms with Crippen molar-refractivity contribution in [1.29, 1.82) is 0 Å². The summed E-state index contributed by atoms with van der Waals surface area (Å²) in [6.07, 6.45) is 0. The quantitative estimate of drug-likeness (QED) is 0.670. The molecule has 6 nitrogen and oxygen atoms in total. The van der Waals surface area contributed by atoms with Gasteiger partial charge in [0.15, 0.2) is 0 Å². The Bertz CT molecular complexity index is 591. The Morgan fingerprint density at radius 1 is 1.10 bits per heavy atom. The lowest BCUT2D eigenvalue weighted by molar-refractivity contribution is 0.273. The largest absolute Gasteiger partial charge is 0.424 e. The van der Waals surface area contributed by atoms with Gasteiger partial charge in [-0.15, -0.1) is 0 Å². The Balaban J connectivity index is 3.01. The average molecular weight is 353 g/mol. The van der Waals surface area contributed by atoms with Gasteiger partial charge in [0.2, 0.25) is 10.0 Å². The van der Waals surface area contributed by atoms with Crippen LogP contribution in [0.4, 0.5) is 0 Å². The average Bonchev–Trinajstić information content (AvgIpc) is 2.48. The van der Waals surface area contributed by atoms with Crippen LogP contribution in [0.3, 0.4) is 0 Å². The van der Waals surface area contributed by atoms with Crippen LogP contribution in [0.25, 0.3) is 0 Å². The number of benzene rings is 1. The predicted octanol–water partition coefficient (Wildman–Crippen LogP) is 2.61. The maximum absolute atomic E-state index is 12.3. The SMILES string of the molecule is CCN(CC)S(=O)(=O)c1ccc(OP(=S)(OC)OC)cc1. The zero-order chi connectivity index (χ0) is 16.1. The molecule has 0 spiro atoms. The topological polar surface area (TPSA) is 65.1 Å². The van der Waals surface area contributed by atoms with Gasteiger partial charge in [0.25, 0.3) is 0 Å². The van der Waals surface area contributed by atoms with Crippen molar-refractivity contribution in [2.24, 2.45) is 0 Å². The molecule has 0 bridgehead atoms. The fraction of sp³-hybridized carbons (Fsp3) is 0.500. The van der Waals surface area contributed by atoms with Gasteiger partial charge in [0, 0.05) is 39.1 Å². The van der Waals surface area contributed by atoms with Gasteiger partial charge in [0.1, 0.15) is 5.75 Å². The second kappa shape index (κ2) is 7.67. The molecule has 0 N–H and O–H groups in total. The molecule has 0 saturated carbocycles. The molecule has 1 aromatic rings. The van der Waals surface area contributed by atoms with Crippen molar-refractivity contribution in [1.82, 2.24) is 4.31 Å². The molecule has 0 aliphatic carbocycles. The maximum Gasteiger partial charge on any atom is 0.380 e. The lowest BCUT2D eigenvalue weighted by Crippen LogP contribution is -2.30. The van der Waals surface area contributed by atoms with Gasteiger partial charge < -0.3 is 13.6 Å². The van der Waals surface area contributed by atoms with Crippen molar-refractivity contribution in [3.63, 3.8) is 0 Å². The van der Waals surface area contributed by atoms with Crippen molar-refractivity contribution < 1.29 is 22.0 Å². The first-order valence-corrected chi connectivity index (χ1v) is 10.3. The highest BCUT2D eigenvalue weighted by atomic mass is 32.5. The number of hydrogen-bond donors (Lipinski definition) is 0. The summed E-state index contributed by atoms with van der Waals surface area (Å²) >= 11 is 5.09. The molecule has 0 unspecified atom stereocenters. The van der Waals surface area contributed by atoms with E-state index in [4.69, 9.17) is 25.4 Å². The lowest BCUT2D eigenvalue weighted by Gasteiger charge is -2.20. The summed E-state index contributed by atoms with van der Waals surface area (Å²) < 4.78 is 41.5.